The molecule has 0 radical (unpaired) electrons. The zero-order valence-electron chi connectivity index (χ0n) is 17.2. The predicted molar refractivity (Wildman–Crippen MR) is 128 cm³/mol. The van der Waals surface area contributed by atoms with Crippen LogP contribution in [0, 0.1) is 0 Å². The van der Waals surface area contributed by atoms with Gasteiger partial charge in [0.1, 0.15) is 23.7 Å². The molecule has 0 amide bonds. The highest BCUT2D eigenvalue weighted by Gasteiger charge is 2.19. The second kappa shape index (κ2) is 8.86. The zero-order valence-corrected chi connectivity index (χ0v) is 18.0. The van der Waals surface area contributed by atoms with Gasteiger partial charge in [-0.25, -0.2) is 4.98 Å². The quantitative estimate of drug-likeness (QED) is 0.401. The third-order valence-electron chi connectivity index (χ3n) is 5.73. The van der Waals surface area contributed by atoms with Crippen LogP contribution in [0.5, 0.6) is 5.75 Å². The molecule has 4 aromatic rings. The monoisotopic (exact) mass is 429 g/mol. The van der Waals surface area contributed by atoms with Gasteiger partial charge in [-0.3, -0.25) is 0 Å². The lowest BCUT2D eigenvalue weighted by Crippen LogP contribution is -2.46. The maximum Gasteiger partial charge on any atom is 0.146 e. The first-order valence-electron chi connectivity index (χ1n) is 10.6. The van der Waals surface area contributed by atoms with E-state index in [0.29, 0.717) is 11.6 Å². The molecule has 1 aliphatic heterocycles. The van der Waals surface area contributed by atoms with Gasteiger partial charge in [0, 0.05) is 47.8 Å². The number of hydrogen-bond donors (Lipinski definition) is 0. The third kappa shape index (κ3) is 4.30. The van der Waals surface area contributed by atoms with Crippen LogP contribution in [0.15, 0.2) is 84.9 Å². The van der Waals surface area contributed by atoms with Crippen molar-refractivity contribution in [1.82, 2.24) is 4.98 Å². The van der Waals surface area contributed by atoms with Crippen molar-refractivity contribution >= 4 is 34.0 Å². The molecule has 5 heteroatoms. The third-order valence-corrected chi connectivity index (χ3v) is 6.10. The molecule has 1 aliphatic rings. The van der Waals surface area contributed by atoms with Gasteiger partial charge in [-0.05, 0) is 36.4 Å². The van der Waals surface area contributed by atoms with E-state index in [1.165, 1.54) is 5.69 Å². The Morgan fingerprint density at radius 3 is 2.29 bits per heavy atom. The Labute approximate surface area is 187 Å². The fraction of sp³-hybridized carbons (Fsp3) is 0.192. The van der Waals surface area contributed by atoms with Crippen LogP contribution < -0.4 is 14.5 Å². The molecule has 0 spiro atoms. The van der Waals surface area contributed by atoms with E-state index < -0.39 is 0 Å². The van der Waals surface area contributed by atoms with Crippen LogP contribution in [0.25, 0.3) is 10.9 Å². The number of benzene rings is 3. The maximum atomic E-state index is 6.29. The largest absolute Gasteiger partial charge is 0.487 e. The number of nitrogens with zero attached hydrogens (tertiary/aromatic N) is 3. The summed E-state index contributed by atoms with van der Waals surface area (Å²) in [7, 11) is 0. The molecule has 2 heterocycles. The van der Waals surface area contributed by atoms with E-state index in [9.17, 15) is 0 Å². The molecule has 0 unspecified atom stereocenters. The van der Waals surface area contributed by atoms with Crippen LogP contribution in [0.3, 0.4) is 0 Å². The average Bonchev–Trinajstić information content (AvgIpc) is 2.84. The van der Waals surface area contributed by atoms with Crippen molar-refractivity contribution < 1.29 is 4.74 Å². The van der Waals surface area contributed by atoms with Gasteiger partial charge in [0.2, 0.25) is 0 Å². The van der Waals surface area contributed by atoms with Crippen molar-refractivity contribution in [2.75, 3.05) is 36.0 Å². The number of aromatic nitrogens is 1. The standard InChI is InChI=1S/C26H24ClN3O/c27-23-11-5-4-7-21(23)19-31-24-12-6-8-20-13-14-25(28-26(20)24)30-17-15-29(16-18-30)22-9-2-1-3-10-22/h1-14H,15-19H2. The maximum absolute atomic E-state index is 6.29. The van der Waals surface area contributed by atoms with Crippen LogP contribution in [0.4, 0.5) is 11.5 Å². The van der Waals surface area contributed by atoms with E-state index in [0.717, 1.165) is 54.2 Å². The van der Waals surface area contributed by atoms with E-state index in [1.54, 1.807) is 0 Å². The smallest absolute Gasteiger partial charge is 0.146 e. The molecule has 5 rings (SSSR count). The Bertz CT molecular complexity index is 1170. The summed E-state index contributed by atoms with van der Waals surface area (Å²) in [4.78, 5) is 9.76. The highest BCUT2D eigenvalue weighted by atomic mass is 35.5. The van der Waals surface area contributed by atoms with Gasteiger partial charge in [0.25, 0.3) is 0 Å². The summed E-state index contributed by atoms with van der Waals surface area (Å²) in [5.41, 5.74) is 3.13. The van der Waals surface area contributed by atoms with E-state index in [1.807, 2.05) is 36.4 Å². The number of halogens is 1. The minimum Gasteiger partial charge on any atom is -0.487 e. The minimum atomic E-state index is 0.417. The van der Waals surface area contributed by atoms with Crippen LogP contribution in [0.2, 0.25) is 5.02 Å². The number of piperazine rings is 1. The Morgan fingerprint density at radius 2 is 1.48 bits per heavy atom. The van der Waals surface area contributed by atoms with E-state index in [4.69, 9.17) is 21.3 Å². The lowest BCUT2D eigenvalue weighted by atomic mass is 10.2. The van der Waals surface area contributed by atoms with Crippen molar-refractivity contribution in [3.8, 4) is 5.75 Å². The summed E-state index contributed by atoms with van der Waals surface area (Å²) in [6, 6.07) is 28.6. The van der Waals surface area contributed by atoms with Gasteiger partial charge in [0.05, 0.1) is 0 Å². The molecule has 1 aromatic heterocycles. The molecular weight excluding hydrogens is 406 g/mol. The lowest BCUT2D eigenvalue weighted by Gasteiger charge is -2.36. The van der Waals surface area contributed by atoms with Crippen LogP contribution in [-0.2, 0) is 6.61 Å². The first-order valence-corrected chi connectivity index (χ1v) is 11.0. The van der Waals surface area contributed by atoms with Crippen molar-refractivity contribution in [3.05, 3.63) is 95.5 Å². The first-order chi connectivity index (χ1) is 15.3. The normalized spacial score (nSPS) is 14.1. The first kappa shape index (κ1) is 19.7. The second-order valence-electron chi connectivity index (χ2n) is 7.69. The number of rotatable bonds is 5. The van der Waals surface area contributed by atoms with E-state index in [-0.39, 0.29) is 0 Å². The average molecular weight is 430 g/mol. The number of para-hydroxylation sites is 2. The molecule has 3 aromatic carbocycles. The molecule has 31 heavy (non-hydrogen) atoms. The Balaban J connectivity index is 1.34. The van der Waals surface area contributed by atoms with Crippen LogP contribution >= 0.6 is 11.6 Å². The topological polar surface area (TPSA) is 28.6 Å². The van der Waals surface area contributed by atoms with Gasteiger partial charge in [0.15, 0.2) is 0 Å². The van der Waals surface area contributed by atoms with E-state index in [2.05, 4.69) is 58.3 Å². The highest BCUT2D eigenvalue weighted by molar-refractivity contribution is 6.31. The predicted octanol–water partition coefficient (Wildman–Crippen LogP) is 5.79. The summed E-state index contributed by atoms with van der Waals surface area (Å²) >= 11 is 6.29. The van der Waals surface area contributed by atoms with Crippen molar-refractivity contribution in [2.24, 2.45) is 0 Å². The SMILES string of the molecule is Clc1ccccc1COc1cccc2ccc(N3CCN(c4ccccc4)CC3)nc12. The fourth-order valence-electron chi connectivity index (χ4n) is 4.01. The van der Waals surface area contributed by atoms with Gasteiger partial charge in [-0.1, -0.05) is 60.1 Å². The van der Waals surface area contributed by atoms with Crippen molar-refractivity contribution in [3.63, 3.8) is 0 Å². The molecule has 156 valence electrons. The number of pyridine rings is 1. The molecule has 1 saturated heterocycles. The second-order valence-corrected chi connectivity index (χ2v) is 8.09. The molecule has 0 aliphatic carbocycles. The number of ether oxygens (including phenoxy) is 1. The fourth-order valence-corrected chi connectivity index (χ4v) is 4.20. The van der Waals surface area contributed by atoms with Crippen molar-refractivity contribution in [1.29, 1.82) is 0 Å². The summed E-state index contributed by atoms with van der Waals surface area (Å²) in [5.74, 6) is 1.77. The number of fused-ring (bicyclic) bond motifs is 1. The van der Waals surface area contributed by atoms with Gasteiger partial charge < -0.3 is 14.5 Å². The summed E-state index contributed by atoms with van der Waals surface area (Å²) in [5, 5.41) is 1.79. The zero-order chi connectivity index (χ0) is 21.0. The van der Waals surface area contributed by atoms with Crippen molar-refractivity contribution in [2.45, 2.75) is 6.61 Å². The molecule has 4 nitrogen and oxygen atoms in total. The van der Waals surface area contributed by atoms with Gasteiger partial charge in [-0.2, -0.15) is 0 Å². The Morgan fingerprint density at radius 1 is 0.742 bits per heavy atom. The Kier molecular flexibility index (Phi) is 5.63. The molecule has 0 N–H and O–H groups in total. The summed E-state index contributed by atoms with van der Waals surface area (Å²) in [6.07, 6.45) is 0. The lowest BCUT2D eigenvalue weighted by molar-refractivity contribution is 0.309. The van der Waals surface area contributed by atoms with E-state index >= 15 is 0 Å². The van der Waals surface area contributed by atoms with Crippen LogP contribution in [0.1, 0.15) is 5.56 Å². The molecule has 0 saturated carbocycles. The van der Waals surface area contributed by atoms with Crippen LogP contribution in [-0.4, -0.2) is 31.2 Å². The highest BCUT2D eigenvalue weighted by Crippen LogP contribution is 2.28. The Hall–Kier alpha value is -3.24. The molecular formula is C26H24ClN3O. The summed E-state index contributed by atoms with van der Waals surface area (Å²) < 4.78 is 6.13. The molecule has 0 atom stereocenters. The minimum absolute atomic E-state index is 0.417. The number of anilines is 2. The summed E-state index contributed by atoms with van der Waals surface area (Å²) in [6.45, 7) is 4.26. The van der Waals surface area contributed by atoms with Gasteiger partial charge >= 0.3 is 0 Å². The molecule has 0 bridgehead atoms. The molecule has 1 fully saturated rings. The van der Waals surface area contributed by atoms with Gasteiger partial charge in [-0.15, -0.1) is 0 Å². The number of hydrogen-bond acceptors (Lipinski definition) is 4.